The summed E-state index contributed by atoms with van der Waals surface area (Å²) >= 11 is 2.99. The first-order valence-corrected chi connectivity index (χ1v) is 8.72. The first-order valence-electron chi connectivity index (χ1n) is 5.13. The third kappa shape index (κ3) is 3.96. The molecule has 17 heavy (non-hydrogen) atoms. The summed E-state index contributed by atoms with van der Waals surface area (Å²) in [7, 11) is -3.44. The summed E-state index contributed by atoms with van der Waals surface area (Å²) in [5.74, 6) is 0. The number of rotatable bonds is 6. The molecule has 0 atom stereocenters. The summed E-state index contributed by atoms with van der Waals surface area (Å²) < 4.78 is 26.6. The van der Waals surface area contributed by atoms with Gasteiger partial charge in [0.15, 0.2) is 0 Å². The van der Waals surface area contributed by atoms with Gasteiger partial charge in [-0.1, -0.05) is 0 Å². The Balaban J connectivity index is 2.83. The van der Waals surface area contributed by atoms with Crippen molar-refractivity contribution in [3.8, 4) is 0 Å². The number of hydrogen-bond acceptors (Lipinski definition) is 5. The highest BCUT2D eigenvalue weighted by Gasteiger charge is 2.23. The summed E-state index contributed by atoms with van der Waals surface area (Å²) in [5.41, 5.74) is 5.51. The number of thiophene rings is 1. The Labute approximate surface area is 111 Å². The van der Waals surface area contributed by atoms with Crippen molar-refractivity contribution in [3.63, 3.8) is 0 Å². The molecule has 0 aliphatic rings. The zero-order chi connectivity index (χ0) is 13.1. The molecular weight excluding hydrogens is 276 g/mol. The number of nitrogens with two attached hydrogens (primary N) is 1. The Hall–Kier alpha value is -0.0800. The fourth-order valence-corrected chi connectivity index (χ4v) is 3.99. The Morgan fingerprint density at radius 3 is 2.71 bits per heavy atom. The van der Waals surface area contributed by atoms with Gasteiger partial charge < -0.3 is 5.73 Å². The molecule has 7 heteroatoms. The van der Waals surface area contributed by atoms with Crippen molar-refractivity contribution >= 4 is 33.1 Å². The molecule has 0 bridgehead atoms. The lowest BCUT2D eigenvalue weighted by molar-refractivity contribution is 0.570. The molecule has 98 valence electrons. The zero-order valence-electron chi connectivity index (χ0n) is 10.2. The monoisotopic (exact) mass is 294 g/mol. The molecule has 0 unspecified atom stereocenters. The number of nitrogens with one attached hydrogen (secondary N) is 1. The van der Waals surface area contributed by atoms with Crippen molar-refractivity contribution in [3.05, 3.63) is 16.3 Å². The van der Waals surface area contributed by atoms with E-state index in [4.69, 9.17) is 5.73 Å². The summed E-state index contributed by atoms with van der Waals surface area (Å²) in [6.45, 7) is 4.64. The van der Waals surface area contributed by atoms with Gasteiger partial charge in [0.25, 0.3) is 0 Å². The number of thioether (sulfide) groups is 1. The topological polar surface area (TPSA) is 72.2 Å². The lowest BCUT2D eigenvalue weighted by Crippen LogP contribution is -2.36. The maximum absolute atomic E-state index is 12.1. The standard InChI is InChI=1S/C10H18N2O2S3/c1-10(2,15-3)7-12-17(13,14)9-4-5-16-8(9)6-11/h4-5,12H,6-7,11H2,1-3H3. The van der Waals surface area contributed by atoms with E-state index in [1.165, 1.54) is 11.3 Å². The van der Waals surface area contributed by atoms with E-state index in [0.717, 1.165) is 0 Å². The highest BCUT2D eigenvalue weighted by molar-refractivity contribution is 8.00. The molecule has 1 heterocycles. The smallest absolute Gasteiger partial charge is 0.241 e. The molecule has 0 aromatic carbocycles. The third-order valence-corrected chi connectivity index (χ3v) is 6.23. The van der Waals surface area contributed by atoms with Crippen LogP contribution in [0.15, 0.2) is 16.3 Å². The van der Waals surface area contributed by atoms with E-state index in [2.05, 4.69) is 4.72 Å². The Kier molecular flexibility index (Phi) is 5.03. The maximum atomic E-state index is 12.1. The summed E-state index contributed by atoms with van der Waals surface area (Å²) in [6.07, 6.45) is 1.96. The fourth-order valence-electron chi connectivity index (χ4n) is 1.14. The van der Waals surface area contributed by atoms with Crippen molar-refractivity contribution in [1.29, 1.82) is 0 Å². The minimum atomic E-state index is -3.44. The van der Waals surface area contributed by atoms with E-state index in [9.17, 15) is 8.42 Å². The van der Waals surface area contributed by atoms with Crippen LogP contribution in [0.4, 0.5) is 0 Å². The quantitative estimate of drug-likeness (QED) is 0.836. The van der Waals surface area contributed by atoms with Crippen LogP contribution in [0.25, 0.3) is 0 Å². The summed E-state index contributed by atoms with van der Waals surface area (Å²) in [5, 5.41) is 1.75. The molecule has 0 aliphatic carbocycles. The van der Waals surface area contributed by atoms with E-state index in [1.807, 2.05) is 20.1 Å². The molecule has 1 rings (SSSR count). The van der Waals surface area contributed by atoms with Gasteiger partial charge >= 0.3 is 0 Å². The van der Waals surface area contributed by atoms with Crippen LogP contribution in [0.3, 0.4) is 0 Å². The normalized spacial score (nSPS) is 12.9. The lowest BCUT2D eigenvalue weighted by Gasteiger charge is -2.22. The van der Waals surface area contributed by atoms with Gasteiger partial charge in [-0.3, -0.25) is 0 Å². The second-order valence-corrected chi connectivity index (χ2v) is 8.45. The first kappa shape index (κ1) is 15.0. The summed E-state index contributed by atoms with van der Waals surface area (Å²) in [4.78, 5) is 1.00. The minimum Gasteiger partial charge on any atom is -0.326 e. The molecule has 1 aromatic heterocycles. The van der Waals surface area contributed by atoms with Gasteiger partial charge in [0.1, 0.15) is 0 Å². The van der Waals surface area contributed by atoms with Crippen LogP contribution in [0.5, 0.6) is 0 Å². The van der Waals surface area contributed by atoms with E-state index in [0.29, 0.717) is 16.3 Å². The van der Waals surface area contributed by atoms with Crippen LogP contribution in [-0.2, 0) is 16.6 Å². The Bertz CT molecular complexity index is 466. The van der Waals surface area contributed by atoms with E-state index in [1.54, 1.807) is 23.2 Å². The zero-order valence-corrected chi connectivity index (χ0v) is 12.6. The van der Waals surface area contributed by atoms with Crippen molar-refractivity contribution < 1.29 is 8.42 Å². The predicted molar refractivity (Wildman–Crippen MR) is 75.0 cm³/mol. The van der Waals surface area contributed by atoms with Crippen LogP contribution in [0.2, 0.25) is 0 Å². The van der Waals surface area contributed by atoms with Gasteiger partial charge in [-0.2, -0.15) is 11.8 Å². The van der Waals surface area contributed by atoms with Crippen LogP contribution >= 0.6 is 23.1 Å². The maximum Gasteiger partial charge on any atom is 0.241 e. The molecule has 0 saturated carbocycles. The number of hydrogen-bond donors (Lipinski definition) is 2. The fraction of sp³-hybridized carbons (Fsp3) is 0.600. The molecule has 3 N–H and O–H groups in total. The van der Waals surface area contributed by atoms with Gasteiger partial charge in [0, 0.05) is 22.7 Å². The molecule has 1 aromatic rings. The van der Waals surface area contributed by atoms with Crippen LogP contribution in [0.1, 0.15) is 18.7 Å². The van der Waals surface area contributed by atoms with Crippen molar-refractivity contribution in [2.75, 3.05) is 12.8 Å². The minimum absolute atomic E-state index is 0.119. The highest BCUT2D eigenvalue weighted by Crippen LogP contribution is 2.23. The molecule has 4 nitrogen and oxygen atoms in total. The molecule has 0 radical (unpaired) electrons. The van der Waals surface area contributed by atoms with E-state index in [-0.39, 0.29) is 11.3 Å². The van der Waals surface area contributed by atoms with E-state index < -0.39 is 10.0 Å². The van der Waals surface area contributed by atoms with Crippen molar-refractivity contribution in [2.24, 2.45) is 5.73 Å². The number of sulfonamides is 1. The second-order valence-electron chi connectivity index (χ2n) is 4.20. The van der Waals surface area contributed by atoms with Crippen molar-refractivity contribution in [1.82, 2.24) is 4.72 Å². The van der Waals surface area contributed by atoms with Gasteiger partial charge in [-0.15, -0.1) is 11.3 Å². The van der Waals surface area contributed by atoms with Gasteiger partial charge in [-0.25, -0.2) is 13.1 Å². The third-order valence-electron chi connectivity index (χ3n) is 2.42. The largest absolute Gasteiger partial charge is 0.326 e. The predicted octanol–water partition coefficient (Wildman–Crippen LogP) is 1.63. The molecule has 0 spiro atoms. The SMILES string of the molecule is CSC(C)(C)CNS(=O)(=O)c1ccsc1CN. The molecule has 0 aliphatic heterocycles. The van der Waals surface area contributed by atoms with E-state index >= 15 is 0 Å². The van der Waals surface area contributed by atoms with Gasteiger partial charge in [0.05, 0.1) is 4.90 Å². The average molecular weight is 294 g/mol. The molecule has 0 amide bonds. The lowest BCUT2D eigenvalue weighted by atomic mass is 10.2. The van der Waals surface area contributed by atoms with Crippen LogP contribution in [-0.4, -0.2) is 26.0 Å². The first-order chi connectivity index (χ1) is 7.82. The second kappa shape index (κ2) is 5.71. The molecule has 0 fully saturated rings. The molecular formula is C10H18N2O2S3. The highest BCUT2D eigenvalue weighted by atomic mass is 32.2. The van der Waals surface area contributed by atoms with Crippen molar-refractivity contribution in [2.45, 2.75) is 30.0 Å². The van der Waals surface area contributed by atoms with Gasteiger partial charge in [0.2, 0.25) is 10.0 Å². The Morgan fingerprint density at radius 1 is 1.53 bits per heavy atom. The average Bonchev–Trinajstić information content (AvgIpc) is 2.75. The van der Waals surface area contributed by atoms with Crippen LogP contribution < -0.4 is 10.5 Å². The summed E-state index contributed by atoms with van der Waals surface area (Å²) in [6, 6.07) is 1.60. The Morgan fingerprint density at radius 2 is 2.18 bits per heavy atom. The molecule has 0 saturated heterocycles. The van der Waals surface area contributed by atoms with Gasteiger partial charge in [-0.05, 0) is 31.5 Å². The van der Waals surface area contributed by atoms with Crippen LogP contribution in [0, 0.1) is 0 Å².